The number of nitrogens with two attached hydrogens (primary N) is 1. The molecule has 2 aromatic rings. The third-order valence-electron chi connectivity index (χ3n) is 3.58. The molecule has 1 aliphatic heterocycles. The third kappa shape index (κ3) is 2.08. The average Bonchev–Trinajstić information content (AvgIpc) is 2.89. The summed E-state index contributed by atoms with van der Waals surface area (Å²) >= 11 is 0. The maximum absolute atomic E-state index is 9.81. The minimum atomic E-state index is -0.245. The van der Waals surface area contributed by atoms with E-state index >= 15 is 0 Å². The molecule has 0 aliphatic carbocycles. The van der Waals surface area contributed by atoms with Crippen molar-refractivity contribution < 1.29 is 5.11 Å². The van der Waals surface area contributed by atoms with Gasteiger partial charge in [0.1, 0.15) is 5.82 Å². The molecule has 3 rings (SSSR count). The summed E-state index contributed by atoms with van der Waals surface area (Å²) in [6, 6.07) is 0. The number of rotatable bonds is 2. The van der Waals surface area contributed by atoms with E-state index in [0.717, 1.165) is 30.7 Å². The van der Waals surface area contributed by atoms with Gasteiger partial charge in [-0.1, -0.05) is 6.92 Å². The lowest BCUT2D eigenvalue weighted by Crippen LogP contribution is -2.42. The van der Waals surface area contributed by atoms with E-state index in [4.69, 9.17) is 5.84 Å². The molecule has 5 N–H and O–H groups in total. The Kier molecular flexibility index (Phi) is 2.96. The largest absolute Gasteiger partial charge is 0.393 e. The summed E-state index contributed by atoms with van der Waals surface area (Å²) in [5.41, 5.74) is 3.11. The summed E-state index contributed by atoms with van der Waals surface area (Å²) in [6.07, 6.45) is 2.20. The second-order valence-corrected chi connectivity index (χ2v) is 4.93. The standard InChI is InChI=1S/C11H17N7O/c1-6-5-18(3-2-8(6)19)10-7-4-13-17-9(7)14-11(15-10)16-12/h4,6,8,19H,2-3,5,12H2,1H3,(H2,13,14,15,16,17). The number of aromatic amines is 1. The molecule has 2 unspecified atom stereocenters. The minimum Gasteiger partial charge on any atom is -0.393 e. The van der Waals surface area contributed by atoms with Crippen molar-refractivity contribution in [3.63, 3.8) is 0 Å². The zero-order valence-corrected chi connectivity index (χ0v) is 10.7. The number of anilines is 2. The highest BCUT2D eigenvalue weighted by molar-refractivity contribution is 5.87. The molecule has 19 heavy (non-hydrogen) atoms. The first-order chi connectivity index (χ1) is 9.19. The van der Waals surface area contributed by atoms with E-state index in [0.29, 0.717) is 11.6 Å². The molecule has 0 bridgehead atoms. The Morgan fingerprint density at radius 3 is 3.11 bits per heavy atom. The topological polar surface area (TPSA) is 116 Å². The Balaban J connectivity index is 2.01. The first-order valence-electron chi connectivity index (χ1n) is 6.30. The van der Waals surface area contributed by atoms with Crippen LogP contribution in [0.2, 0.25) is 0 Å². The maximum Gasteiger partial charge on any atom is 0.241 e. The molecule has 102 valence electrons. The molecule has 0 aromatic carbocycles. The number of hydrogen-bond acceptors (Lipinski definition) is 7. The number of nitrogens with zero attached hydrogens (tertiary/aromatic N) is 4. The highest BCUT2D eigenvalue weighted by Crippen LogP contribution is 2.28. The molecule has 3 heterocycles. The van der Waals surface area contributed by atoms with Gasteiger partial charge in [0, 0.05) is 13.1 Å². The fraction of sp³-hybridized carbons (Fsp3) is 0.545. The lowest BCUT2D eigenvalue weighted by atomic mass is 9.97. The lowest BCUT2D eigenvalue weighted by Gasteiger charge is -2.35. The van der Waals surface area contributed by atoms with Crippen LogP contribution in [-0.2, 0) is 0 Å². The van der Waals surface area contributed by atoms with Crippen molar-refractivity contribution in [2.45, 2.75) is 19.4 Å². The van der Waals surface area contributed by atoms with Gasteiger partial charge in [-0.2, -0.15) is 15.1 Å². The summed E-state index contributed by atoms with van der Waals surface area (Å²) in [4.78, 5) is 10.8. The van der Waals surface area contributed by atoms with Crippen LogP contribution in [0, 0.1) is 5.92 Å². The molecule has 0 spiro atoms. The second kappa shape index (κ2) is 4.63. The predicted octanol–water partition coefficient (Wildman–Crippen LogP) is -0.154. The summed E-state index contributed by atoms with van der Waals surface area (Å²) in [5.74, 6) is 6.75. The van der Waals surface area contributed by atoms with Crippen molar-refractivity contribution in [1.29, 1.82) is 0 Å². The van der Waals surface area contributed by atoms with Crippen LogP contribution in [0.25, 0.3) is 11.0 Å². The Morgan fingerprint density at radius 1 is 1.53 bits per heavy atom. The maximum atomic E-state index is 9.81. The molecule has 2 aromatic heterocycles. The van der Waals surface area contributed by atoms with Crippen molar-refractivity contribution in [1.82, 2.24) is 20.2 Å². The molecule has 1 saturated heterocycles. The average molecular weight is 263 g/mol. The van der Waals surface area contributed by atoms with Crippen molar-refractivity contribution in [3.8, 4) is 0 Å². The highest BCUT2D eigenvalue weighted by atomic mass is 16.3. The Labute approximate surface area is 110 Å². The quantitative estimate of drug-likeness (QED) is 0.439. The van der Waals surface area contributed by atoms with Gasteiger partial charge in [-0.3, -0.25) is 10.5 Å². The molecular formula is C11H17N7O. The molecule has 8 nitrogen and oxygen atoms in total. The molecule has 0 saturated carbocycles. The number of aliphatic hydroxyl groups is 1. The van der Waals surface area contributed by atoms with Gasteiger partial charge >= 0.3 is 0 Å². The van der Waals surface area contributed by atoms with Crippen LogP contribution >= 0.6 is 0 Å². The number of aliphatic hydroxyl groups excluding tert-OH is 1. The number of H-pyrrole nitrogens is 1. The van der Waals surface area contributed by atoms with Gasteiger partial charge in [-0.15, -0.1) is 0 Å². The van der Waals surface area contributed by atoms with Crippen molar-refractivity contribution in [2.24, 2.45) is 11.8 Å². The van der Waals surface area contributed by atoms with Crippen LogP contribution in [0.5, 0.6) is 0 Å². The molecular weight excluding hydrogens is 246 g/mol. The van der Waals surface area contributed by atoms with Crippen molar-refractivity contribution >= 4 is 22.8 Å². The van der Waals surface area contributed by atoms with E-state index in [-0.39, 0.29) is 12.0 Å². The van der Waals surface area contributed by atoms with Gasteiger partial charge in [-0.25, -0.2) is 5.84 Å². The Hall–Kier alpha value is -1.93. The summed E-state index contributed by atoms with van der Waals surface area (Å²) in [5, 5.41) is 17.5. The smallest absolute Gasteiger partial charge is 0.241 e. The first-order valence-corrected chi connectivity index (χ1v) is 6.30. The number of fused-ring (bicyclic) bond motifs is 1. The van der Waals surface area contributed by atoms with E-state index in [1.165, 1.54) is 0 Å². The summed E-state index contributed by atoms with van der Waals surface area (Å²) in [6.45, 7) is 3.54. The van der Waals surface area contributed by atoms with Crippen LogP contribution in [0.15, 0.2) is 6.20 Å². The minimum absolute atomic E-state index is 0.208. The van der Waals surface area contributed by atoms with E-state index < -0.39 is 0 Å². The van der Waals surface area contributed by atoms with Crippen LogP contribution < -0.4 is 16.2 Å². The zero-order chi connectivity index (χ0) is 13.4. The van der Waals surface area contributed by atoms with E-state index in [2.05, 4.69) is 30.5 Å². The molecule has 1 aliphatic rings. The molecule has 0 amide bonds. The fourth-order valence-electron chi connectivity index (χ4n) is 2.45. The van der Waals surface area contributed by atoms with Gasteiger partial charge < -0.3 is 10.0 Å². The number of hydrogen-bond donors (Lipinski definition) is 4. The predicted molar refractivity (Wildman–Crippen MR) is 71.5 cm³/mol. The molecule has 2 atom stereocenters. The third-order valence-corrected chi connectivity index (χ3v) is 3.58. The van der Waals surface area contributed by atoms with Crippen molar-refractivity contribution in [2.75, 3.05) is 23.4 Å². The van der Waals surface area contributed by atoms with Gasteiger partial charge in [0.15, 0.2) is 5.65 Å². The monoisotopic (exact) mass is 263 g/mol. The van der Waals surface area contributed by atoms with Crippen LogP contribution in [0.3, 0.4) is 0 Å². The van der Waals surface area contributed by atoms with Crippen LogP contribution in [0.4, 0.5) is 11.8 Å². The van der Waals surface area contributed by atoms with E-state index in [9.17, 15) is 5.11 Å². The van der Waals surface area contributed by atoms with Gasteiger partial charge in [0.2, 0.25) is 5.95 Å². The Bertz CT molecular complexity index is 583. The van der Waals surface area contributed by atoms with Gasteiger partial charge in [-0.05, 0) is 12.3 Å². The first kappa shape index (κ1) is 12.1. The lowest BCUT2D eigenvalue weighted by molar-refractivity contribution is 0.0970. The molecule has 8 heteroatoms. The van der Waals surface area contributed by atoms with Crippen molar-refractivity contribution in [3.05, 3.63) is 6.20 Å². The number of hydrazine groups is 1. The Morgan fingerprint density at radius 2 is 2.37 bits per heavy atom. The van der Waals surface area contributed by atoms with Crippen LogP contribution in [-0.4, -0.2) is 44.5 Å². The second-order valence-electron chi connectivity index (χ2n) is 4.93. The van der Waals surface area contributed by atoms with Gasteiger partial charge in [0.25, 0.3) is 0 Å². The normalized spacial score (nSPS) is 23.8. The van der Waals surface area contributed by atoms with E-state index in [1.54, 1.807) is 6.20 Å². The number of nitrogen functional groups attached to an aromatic ring is 1. The van der Waals surface area contributed by atoms with E-state index in [1.807, 2.05) is 6.92 Å². The SMILES string of the molecule is CC1CN(c2nc(NN)nc3[nH]ncc23)CCC1O. The van der Waals surface area contributed by atoms with Gasteiger partial charge in [0.05, 0.1) is 17.7 Å². The fourth-order valence-corrected chi connectivity index (χ4v) is 2.45. The molecule has 0 radical (unpaired) electrons. The summed E-state index contributed by atoms with van der Waals surface area (Å²) < 4.78 is 0. The summed E-state index contributed by atoms with van der Waals surface area (Å²) in [7, 11) is 0. The molecule has 1 fully saturated rings. The van der Waals surface area contributed by atoms with Crippen LogP contribution in [0.1, 0.15) is 13.3 Å². The number of nitrogens with one attached hydrogen (secondary N) is 2. The number of piperidine rings is 1. The highest BCUT2D eigenvalue weighted by Gasteiger charge is 2.26. The zero-order valence-electron chi connectivity index (χ0n) is 10.7. The number of aromatic nitrogens is 4.